The zero-order chi connectivity index (χ0) is 33.3. The van der Waals surface area contributed by atoms with Crippen molar-refractivity contribution in [2.24, 2.45) is 0 Å². The van der Waals surface area contributed by atoms with Crippen molar-refractivity contribution < 1.29 is 24.5 Å². The van der Waals surface area contributed by atoms with E-state index in [2.05, 4.69) is 102 Å². The summed E-state index contributed by atoms with van der Waals surface area (Å²) in [5.74, 6) is -0.549. The third-order valence-corrected chi connectivity index (χ3v) is 12.7. The van der Waals surface area contributed by atoms with Gasteiger partial charge in [0.1, 0.15) is 28.5 Å². The molecule has 7 heteroatoms. The second-order valence-corrected chi connectivity index (χ2v) is 14.6. The van der Waals surface area contributed by atoms with Crippen LogP contribution in [0.25, 0.3) is 0 Å². The zero-order valence-electron chi connectivity index (χ0n) is 26.0. The minimum absolute atomic E-state index is 0.181. The lowest BCUT2D eigenvalue weighted by atomic mass is 10.0. The summed E-state index contributed by atoms with van der Waals surface area (Å²) in [7, 11) is -2.38. The maximum Gasteiger partial charge on any atom is 0.287 e. The molecule has 6 aromatic carbocycles. The predicted molar refractivity (Wildman–Crippen MR) is 190 cm³/mol. The van der Waals surface area contributed by atoms with Crippen molar-refractivity contribution in [2.45, 2.75) is 12.8 Å². The van der Waals surface area contributed by atoms with E-state index in [1.165, 1.54) is 26.4 Å². The number of anilines is 1. The van der Waals surface area contributed by atoms with Gasteiger partial charge in [-0.05, 0) is 84.6 Å². The number of hydrogen-bond acceptors (Lipinski definition) is 5. The largest absolute Gasteiger partial charge is 0.662 e. The Hall–Kier alpha value is -5.68. The van der Waals surface area contributed by atoms with Crippen LogP contribution in [0.4, 0.5) is 5.69 Å². The molecule has 1 aliphatic rings. The molecule has 1 heterocycles. The standard InChI is InChI=1S/C40H31NO2P.CH2O3/c42-39-37-27-26-31(25-24-30-14-5-1-6-15-30)28-38(37)40(43)41(39)32-16-13-23-36(29-32)44(33-17-7-2-8-18-33,34-19-9-3-10-20-34)35-21-11-4-12-22-35;2-1-4-3/h1-23,26-29H,24-25H2;1,3H/q+1;/p-1. The van der Waals surface area contributed by atoms with E-state index in [-0.39, 0.29) is 18.3 Å². The van der Waals surface area contributed by atoms with E-state index in [0.29, 0.717) is 16.8 Å². The highest BCUT2D eigenvalue weighted by atomic mass is 31.2. The van der Waals surface area contributed by atoms with Crippen LogP contribution in [-0.4, -0.2) is 18.3 Å². The maximum atomic E-state index is 13.9. The van der Waals surface area contributed by atoms with Crippen LogP contribution in [0.1, 0.15) is 31.8 Å². The summed E-state index contributed by atoms with van der Waals surface area (Å²) < 4.78 is 0. The maximum absolute atomic E-state index is 13.9. The Bertz CT molecular complexity index is 1920. The Morgan fingerprint density at radius 2 is 0.979 bits per heavy atom. The third-order valence-electron chi connectivity index (χ3n) is 8.44. The van der Waals surface area contributed by atoms with Gasteiger partial charge >= 0.3 is 0 Å². The fraction of sp³-hybridized carbons (Fsp3) is 0.0488. The van der Waals surface area contributed by atoms with Gasteiger partial charge in [-0.15, -0.1) is 0 Å². The van der Waals surface area contributed by atoms with Gasteiger partial charge in [0.15, 0.2) is 0 Å². The van der Waals surface area contributed by atoms with Crippen LogP contribution in [0.15, 0.2) is 164 Å². The van der Waals surface area contributed by atoms with E-state index in [1.54, 1.807) is 0 Å². The Morgan fingerprint density at radius 3 is 1.50 bits per heavy atom. The van der Waals surface area contributed by atoms with Crippen molar-refractivity contribution in [3.63, 3.8) is 0 Å². The molecular formula is C41H32NO5P. The molecule has 0 aliphatic carbocycles. The molecule has 6 aromatic rings. The van der Waals surface area contributed by atoms with Crippen molar-refractivity contribution in [1.82, 2.24) is 0 Å². The number of carbonyl (C=O) groups excluding carboxylic acids is 3. The van der Waals surface area contributed by atoms with E-state index < -0.39 is 7.26 Å². The SMILES string of the molecule is O=C1c2ccc(CCc3ccccc3)cc2C(=O)N1c1cccc([P+](c2ccccc2)(c2ccccc2)c2ccccc2)c1.O=CO[O-]. The lowest BCUT2D eigenvalue weighted by Gasteiger charge is -2.28. The molecule has 0 fully saturated rings. The molecular weight excluding hydrogens is 617 g/mol. The normalized spacial score (nSPS) is 12.1. The van der Waals surface area contributed by atoms with E-state index in [1.807, 2.05) is 66.7 Å². The summed E-state index contributed by atoms with van der Waals surface area (Å²) >= 11 is 0. The van der Waals surface area contributed by atoms with Gasteiger partial charge < -0.3 is 10.1 Å². The molecule has 0 aromatic heterocycles. The highest BCUT2D eigenvalue weighted by Crippen LogP contribution is 2.54. The van der Waals surface area contributed by atoms with Gasteiger partial charge in [-0.1, -0.05) is 97.1 Å². The lowest BCUT2D eigenvalue weighted by molar-refractivity contribution is -0.652. The molecule has 0 saturated heterocycles. The number of fused-ring (bicyclic) bond motifs is 1. The fourth-order valence-electron chi connectivity index (χ4n) is 6.30. The average Bonchev–Trinajstić information content (AvgIpc) is 3.41. The van der Waals surface area contributed by atoms with Crippen molar-refractivity contribution in [3.05, 3.63) is 186 Å². The molecule has 2 amide bonds. The third kappa shape index (κ3) is 6.32. The molecule has 48 heavy (non-hydrogen) atoms. The molecule has 0 unspecified atom stereocenters. The van der Waals surface area contributed by atoms with Crippen molar-refractivity contribution in [3.8, 4) is 0 Å². The first kappa shape index (κ1) is 32.3. The summed E-state index contributed by atoms with van der Waals surface area (Å²) in [6.45, 7) is -0.181. The number of amides is 2. The van der Waals surface area contributed by atoms with Gasteiger partial charge in [0, 0.05) is 6.07 Å². The molecule has 0 N–H and O–H groups in total. The summed E-state index contributed by atoms with van der Waals surface area (Å²) in [5.41, 5.74) is 3.81. The van der Waals surface area contributed by atoms with Gasteiger partial charge in [0.05, 0.1) is 16.8 Å². The number of imide groups is 1. The van der Waals surface area contributed by atoms with Crippen LogP contribution in [0.2, 0.25) is 0 Å². The van der Waals surface area contributed by atoms with Crippen molar-refractivity contribution in [1.29, 1.82) is 0 Å². The van der Waals surface area contributed by atoms with Crippen LogP contribution in [0.3, 0.4) is 0 Å². The summed E-state index contributed by atoms with van der Waals surface area (Å²) in [4.78, 5) is 40.3. The highest BCUT2D eigenvalue weighted by molar-refractivity contribution is 8.01. The Balaban J connectivity index is 0.000000952. The van der Waals surface area contributed by atoms with E-state index in [4.69, 9.17) is 10.1 Å². The first-order chi connectivity index (χ1) is 23.6. The molecule has 0 bridgehead atoms. The topological polar surface area (TPSA) is 86.7 Å². The van der Waals surface area contributed by atoms with Gasteiger partial charge in [-0.3, -0.25) is 14.4 Å². The first-order valence-corrected chi connectivity index (χ1v) is 17.3. The minimum atomic E-state index is -2.38. The molecule has 0 saturated carbocycles. The van der Waals surface area contributed by atoms with Gasteiger partial charge in [0.2, 0.25) is 0 Å². The Labute approximate surface area is 280 Å². The van der Waals surface area contributed by atoms with Crippen LogP contribution in [0, 0.1) is 0 Å². The molecule has 7 rings (SSSR count). The average molecular weight is 650 g/mol. The van der Waals surface area contributed by atoms with Crippen molar-refractivity contribution >= 4 is 52.5 Å². The molecule has 0 atom stereocenters. The molecule has 0 spiro atoms. The van der Waals surface area contributed by atoms with Gasteiger partial charge in [-0.2, -0.15) is 0 Å². The smallest absolute Gasteiger partial charge is 0.287 e. The molecule has 0 radical (unpaired) electrons. The summed E-state index contributed by atoms with van der Waals surface area (Å²) in [6.07, 6.45) is 1.67. The number of benzene rings is 6. The Morgan fingerprint density at radius 1 is 0.521 bits per heavy atom. The van der Waals surface area contributed by atoms with Crippen LogP contribution >= 0.6 is 7.26 Å². The number of carbonyl (C=O) groups is 3. The quantitative estimate of drug-likeness (QED) is 0.0696. The van der Waals surface area contributed by atoms with Crippen molar-refractivity contribution in [2.75, 3.05) is 4.90 Å². The molecule has 1 aliphatic heterocycles. The van der Waals surface area contributed by atoms with E-state index >= 15 is 0 Å². The van der Waals surface area contributed by atoms with E-state index in [0.717, 1.165) is 23.7 Å². The number of hydrogen-bond donors (Lipinski definition) is 0. The minimum Gasteiger partial charge on any atom is -0.662 e. The van der Waals surface area contributed by atoms with Crippen LogP contribution < -0.4 is 31.4 Å². The summed E-state index contributed by atoms with van der Waals surface area (Å²) in [6, 6.07) is 55.8. The monoisotopic (exact) mass is 649 g/mol. The molecule has 236 valence electrons. The van der Waals surface area contributed by atoms with Crippen LogP contribution in [0.5, 0.6) is 0 Å². The number of nitrogens with zero attached hydrogens (tertiary/aromatic N) is 1. The van der Waals surface area contributed by atoms with Gasteiger partial charge in [-0.25, -0.2) is 4.90 Å². The fourth-order valence-corrected chi connectivity index (χ4v) is 10.6. The van der Waals surface area contributed by atoms with E-state index in [9.17, 15) is 9.59 Å². The second-order valence-electron chi connectivity index (χ2n) is 11.2. The first-order valence-electron chi connectivity index (χ1n) is 15.5. The van der Waals surface area contributed by atoms with Crippen LogP contribution in [-0.2, 0) is 22.5 Å². The van der Waals surface area contributed by atoms with Gasteiger partial charge in [0.25, 0.3) is 18.3 Å². The molecule has 6 nitrogen and oxygen atoms in total. The second kappa shape index (κ2) is 14.8. The predicted octanol–water partition coefficient (Wildman–Crippen LogP) is 5.33. The Kier molecular flexibility index (Phi) is 9.96. The summed E-state index contributed by atoms with van der Waals surface area (Å²) in [5, 5.41) is 13.1. The number of rotatable bonds is 9. The zero-order valence-corrected chi connectivity index (χ0v) is 26.9. The number of aryl methyl sites for hydroxylation is 2. The highest BCUT2D eigenvalue weighted by Gasteiger charge is 2.48. The lowest BCUT2D eigenvalue weighted by Crippen LogP contribution is -2.39.